The van der Waals surface area contributed by atoms with Gasteiger partial charge in [0, 0.05) is 24.6 Å². The quantitative estimate of drug-likeness (QED) is 0.698. The second kappa shape index (κ2) is 9.69. The topological polar surface area (TPSA) is 59.2 Å². The molecule has 1 aliphatic rings. The number of rotatable bonds is 4. The third-order valence-corrected chi connectivity index (χ3v) is 4.87. The van der Waals surface area contributed by atoms with Gasteiger partial charge < -0.3 is 10.6 Å². The zero-order valence-electron chi connectivity index (χ0n) is 15.3. The van der Waals surface area contributed by atoms with E-state index in [1.54, 1.807) is 12.4 Å². The summed E-state index contributed by atoms with van der Waals surface area (Å²) in [6, 6.07) is 19.6. The number of pyridine rings is 1. The highest BCUT2D eigenvalue weighted by molar-refractivity contribution is 5.99. The predicted octanol–water partition coefficient (Wildman–Crippen LogP) is 4.05. The van der Waals surface area contributed by atoms with Crippen molar-refractivity contribution in [3.63, 3.8) is 0 Å². The average Bonchev–Trinajstić information content (AvgIpc) is 3.12. The van der Waals surface area contributed by atoms with Crippen molar-refractivity contribution in [3.8, 4) is 11.1 Å². The van der Waals surface area contributed by atoms with Crippen molar-refractivity contribution >= 4 is 36.4 Å². The summed E-state index contributed by atoms with van der Waals surface area (Å²) in [5, 5.41) is 0. The molecule has 0 saturated carbocycles. The molecule has 146 valence electrons. The molecule has 0 saturated heterocycles. The third kappa shape index (κ3) is 4.53. The average molecular weight is 416 g/mol. The van der Waals surface area contributed by atoms with Crippen molar-refractivity contribution in [2.75, 3.05) is 11.4 Å². The molecule has 4 rings (SSSR count). The van der Waals surface area contributed by atoms with Crippen molar-refractivity contribution in [1.29, 1.82) is 0 Å². The lowest BCUT2D eigenvalue weighted by atomic mass is 10.0. The van der Waals surface area contributed by atoms with Gasteiger partial charge in [-0.15, -0.1) is 24.8 Å². The molecule has 6 heteroatoms. The lowest BCUT2D eigenvalue weighted by Gasteiger charge is -2.22. The van der Waals surface area contributed by atoms with Gasteiger partial charge in [0.1, 0.15) is 0 Å². The standard InChI is InChI=1S/C22H21N3O.2ClH/c23-20(14-16-4-2-1-3-5-16)22(26)25-13-10-19-15-18(6-7-21(19)25)17-8-11-24-12-9-17;;/h1-9,11-12,15,20H,10,13-14,23H2;2*1H/t20-;;/m1../s1. The number of carbonyl (C=O) groups is 1. The number of hydrogen-bond donors (Lipinski definition) is 1. The van der Waals surface area contributed by atoms with E-state index in [-0.39, 0.29) is 30.7 Å². The van der Waals surface area contributed by atoms with E-state index in [9.17, 15) is 4.79 Å². The molecule has 0 spiro atoms. The third-order valence-electron chi connectivity index (χ3n) is 4.87. The van der Waals surface area contributed by atoms with Crippen LogP contribution in [-0.4, -0.2) is 23.5 Å². The van der Waals surface area contributed by atoms with Crippen LogP contribution >= 0.6 is 24.8 Å². The van der Waals surface area contributed by atoms with Gasteiger partial charge in [0.25, 0.3) is 0 Å². The van der Waals surface area contributed by atoms with Crippen LogP contribution in [0.2, 0.25) is 0 Å². The summed E-state index contributed by atoms with van der Waals surface area (Å²) < 4.78 is 0. The number of nitrogens with zero attached hydrogens (tertiary/aromatic N) is 2. The molecule has 0 fully saturated rings. The van der Waals surface area contributed by atoms with Gasteiger partial charge in [-0.1, -0.05) is 36.4 Å². The number of aromatic nitrogens is 1. The molecule has 2 aromatic carbocycles. The molecule has 0 bridgehead atoms. The molecule has 1 aromatic heterocycles. The van der Waals surface area contributed by atoms with Crippen LogP contribution in [0.1, 0.15) is 11.1 Å². The van der Waals surface area contributed by atoms with Gasteiger partial charge in [-0.05, 0) is 59.4 Å². The first kappa shape index (κ1) is 21.9. The molecule has 0 aliphatic carbocycles. The molecule has 0 radical (unpaired) electrons. The van der Waals surface area contributed by atoms with Crippen LogP contribution in [0.5, 0.6) is 0 Å². The van der Waals surface area contributed by atoms with Gasteiger partial charge in [0.2, 0.25) is 5.91 Å². The molecular weight excluding hydrogens is 393 g/mol. The summed E-state index contributed by atoms with van der Waals surface area (Å²) in [7, 11) is 0. The van der Waals surface area contributed by atoms with Gasteiger partial charge >= 0.3 is 0 Å². The summed E-state index contributed by atoms with van der Waals surface area (Å²) in [5.74, 6) is -0.00994. The molecule has 2 heterocycles. The van der Waals surface area contributed by atoms with Crippen LogP contribution in [0, 0.1) is 0 Å². The number of halogens is 2. The Bertz CT molecular complexity index is 920. The summed E-state index contributed by atoms with van der Waals surface area (Å²) in [5.41, 5.74) is 11.7. The maximum atomic E-state index is 12.9. The number of hydrogen-bond acceptors (Lipinski definition) is 3. The predicted molar refractivity (Wildman–Crippen MR) is 118 cm³/mol. The Balaban J connectivity index is 0.00000140. The molecule has 0 unspecified atom stereocenters. The number of fused-ring (bicyclic) bond motifs is 1. The van der Waals surface area contributed by atoms with Crippen LogP contribution in [0.15, 0.2) is 73.1 Å². The SMILES string of the molecule is Cl.Cl.N[C@H](Cc1ccccc1)C(=O)N1CCc2cc(-c3ccncc3)ccc21. The Labute approximate surface area is 177 Å². The summed E-state index contributed by atoms with van der Waals surface area (Å²) in [6.45, 7) is 0.691. The smallest absolute Gasteiger partial charge is 0.244 e. The second-order valence-electron chi connectivity index (χ2n) is 6.62. The van der Waals surface area contributed by atoms with Crippen molar-refractivity contribution in [3.05, 3.63) is 84.2 Å². The Kier molecular flexibility index (Phi) is 7.58. The molecular formula is C22H23Cl2N3O. The van der Waals surface area contributed by atoms with Gasteiger partial charge in [-0.2, -0.15) is 0 Å². The van der Waals surface area contributed by atoms with Crippen molar-refractivity contribution in [2.45, 2.75) is 18.9 Å². The van der Waals surface area contributed by atoms with Gasteiger partial charge in [0.05, 0.1) is 6.04 Å². The van der Waals surface area contributed by atoms with Crippen LogP contribution in [0.4, 0.5) is 5.69 Å². The van der Waals surface area contributed by atoms with Gasteiger partial charge in [-0.3, -0.25) is 9.78 Å². The zero-order chi connectivity index (χ0) is 17.9. The zero-order valence-corrected chi connectivity index (χ0v) is 17.0. The molecule has 1 aliphatic heterocycles. The van der Waals surface area contributed by atoms with Gasteiger partial charge in [0.15, 0.2) is 0 Å². The fourth-order valence-corrected chi connectivity index (χ4v) is 3.51. The molecule has 2 N–H and O–H groups in total. The number of amides is 1. The first-order valence-electron chi connectivity index (χ1n) is 8.86. The van der Waals surface area contributed by atoms with Crippen molar-refractivity contribution in [1.82, 2.24) is 4.98 Å². The lowest BCUT2D eigenvalue weighted by Crippen LogP contribution is -2.44. The Morgan fingerprint density at radius 3 is 2.43 bits per heavy atom. The largest absolute Gasteiger partial charge is 0.320 e. The first-order chi connectivity index (χ1) is 12.7. The van der Waals surface area contributed by atoms with E-state index in [4.69, 9.17) is 5.73 Å². The highest BCUT2D eigenvalue weighted by atomic mass is 35.5. The maximum Gasteiger partial charge on any atom is 0.244 e. The van der Waals surface area contributed by atoms with E-state index < -0.39 is 6.04 Å². The van der Waals surface area contributed by atoms with E-state index in [1.807, 2.05) is 53.4 Å². The fourth-order valence-electron chi connectivity index (χ4n) is 3.51. The minimum Gasteiger partial charge on any atom is -0.320 e. The highest BCUT2D eigenvalue weighted by Crippen LogP contribution is 2.32. The summed E-state index contributed by atoms with van der Waals surface area (Å²) in [6.07, 6.45) is 5.00. The lowest BCUT2D eigenvalue weighted by molar-refractivity contribution is -0.119. The fraction of sp³-hybridized carbons (Fsp3) is 0.182. The van der Waals surface area contributed by atoms with E-state index in [0.717, 1.165) is 28.8 Å². The van der Waals surface area contributed by atoms with E-state index in [2.05, 4.69) is 17.1 Å². The monoisotopic (exact) mass is 415 g/mol. The van der Waals surface area contributed by atoms with Crippen LogP contribution in [-0.2, 0) is 17.6 Å². The minimum atomic E-state index is -0.525. The van der Waals surface area contributed by atoms with Crippen molar-refractivity contribution < 1.29 is 4.79 Å². The minimum absolute atomic E-state index is 0. The molecule has 28 heavy (non-hydrogen) atoms. The number of carbonyl (C=O) groups excluding carboxylic acids is 1. The molecule has 4 nitrogen and oxygen atoms in total. The second-order valence-corrected chi connectivity index (χ2v) is 6.62. The summed E-state index contributed by atoms with van der Waals surface area (Å²) >= 11 is 0. The number of anilines is 1. The molecule has 1 amide bonds. The number of nitrogens with two attached hydrogens (primary N) is 1. The van der Waals surface area contributed by atoms with E-state index >= 15 is 0 Å². The van der Waals surface area contributed by atoms with Crippen LogP contribution < -0.4 is 10.6 Å². The summed E-state index contributed by atoms with van der Waals surface area (Å²) in [4.78, 5) is 18.8. The van der Waals surface area contributed by atoms with Crippen LogP contribution in [0.3, 0.4) is 0 Å². The Morgan fingerprint density at radius 1 is 1.00 bits per heavy atom. The molecule has 3 aromatic rings. The highest BCUT2D eigenvalue weighted by Gasteiger charge is 2.28. The van der Waals surface area contributed by atoms with Crippen LogP contribution in [0.25, 0.3) is 11.1 Å². The number of benzene rings is 2. The van der Waals surface area contributed by atoms with E-state index in [1.165, 1.54) is 5.56 Å². The van der Waals surface area contributed by atoms with Crippen molar-refractivity contribution in [2.24, 2.45) is 5.73 Å². The Morgan fingerprint density at radius 2 is 1.71 bits per heavy atom. The molecule has 1 atom stereocenters. The first-order valence-corrected chi connectivity index (χ1v) is 8.86. The van der Waals surface area contributed by atoms with E-state index in [0.29, 0.717) is 13.0 Å². The normalized spacial score (nSPS) is 13.1. The Hall–Kier alpha value is -2.40. The van der Waals surface area contributed by atoms with Gasteiger partial charge in [-0.25, -0.2) is 0 Å². The maximum absolute atomic E-state index is 12.9.